The predicted octanol–water partition coefficient (Wildman–Crippen LogP) is 5.27. The standard InChI is InChI=1S/C7H16.C4H10.C2H6.CH4O/c1-4-5-6-7(2)3;1-3-4-2;2*1-2/h7H,4-6H2,1-3H3;3-4H2,1-2H3;1-2H3;2H,1H3. The van der Waals surface area contributed by atoms with E-state index in [0.717, 1.165) is 13.0 Å². The van der Waals surface area contributed by atoms with Gasteiger partial charge >= 0.3 is 0 Å². The largest absolute Gasteiger partial charge is 0.400 e. The summed E-state index contributed by atoms with van der Waals surface area (Å²) in [5.41, 5.74) is 0. The normalized spacial score (nSPS) is 7.60. The first-order valence-corrected chi connectivity index (χ1v) is 6.63. The second-order valence-corrected chi connectivity index (χ2v) is 3.54. The molecule has 0 heterocycles. The maximum Gasteiger partial charge on any atom is 0.0319 e. The summed E-state index contributed by atoms with van der Waals surface area (Å²) in [5, 5.41) is 7.00. The van der Waals surface area contributed by atoms with Gasteiger partial charge in [0.15, 0.2) is 0 Å². The molecule has 0 aliphatic carbocycles. The van der Waals surface area contributed by atoms with Gasteiger partial charge in [-0.3, -0.25) is 0 Å². The van der Waals surface area contributed by atoms with Crippen LogP contribution in [0.3, 0.4) is 0 Å². The van der Waals surface area contributed by atoms with Crippen molar-refractivity contribution in [2.75, 3.05) is 7.11 Å². The molecule has 0 saturated heterocycles. The van der Waals surface area contributed by atoms with Crippen molar-refractivity contribution in [3.63, 3.8) is 0 Å². The van der Waals surface area contributed by atoms with Crippen LogP contribution >= 0.6 is 0 Å². The van der Waals surface area contributed by atoms with Crippen molar-refractivity contribution >= 4 is 0 Å². The van der Waals surface area contributed by atoms with E-state index in [0.29, 0.717) is 0 Å². The minimum absolute atomic E-state index is 0.903. The first-order chi connectivity index (χ1) is 7.18. The lowest BCUT2D eigenvalue weighted by Gasteiger charge is -1.98. The second kappa shape index (κ2) is 37.0. The van der Waals surface area contributed by atoms with Crippen LogP contribution in [0.4, 0.5) is 0 Å². The molecule has 0 bridgehead atoms. The van der Waals surface area contributed by atoms with Gasteiger partial charge in [-0.05, 0) is 5.92 Å². The van der Waals surface area contributed by atoms with Crippen LogP contribution in [-0.2, 0) is 0 Å². The molecular formula is C14H36O. The van der Waals surface area contributed by atoms with Gasteiger partial charge in [-0.1, -0.05) is 80.6 Å². The maximum absolute atomic E-state index is 7.00. The third-order valence-electron chi connectivity index (χ3n) is 1.64. The molecule has 1 heteroatoms. The molecule has 0 aromatic heterocycles. The van der Waals surface area contributed by atoms with Gasteiger partial charge < -0.3 is 5.11 Å². The summed E-state index contributed by atoms with van der Waals surface area (Å²) < 4.78 is 0. The summed E-state index contributed by atoms with van der Waals surface area (Å²) >= 11 is 0. The van der Waals surface area contributed by atoms with Gasteiger partial charge in [0.25, 0.3) is 0 Å². The summed E-state index contributed by atoms with van der Waals surface area (Å²) in [6.07, 6.45) is 6.78. The monoisotopic (exact) mass is 220 g/mol. The highest BCUT2D eigenvalue weighted by Gasteiger charge is 1.88. The van der Waals surface area contributed by atoms with E-state index >= 15 is 0 Å². The van der Waals surface area contributed by atoms with Crippen LogP contribution in [0.25, 0.3) is 0 Å². The molecule has 0 aliphatic heterocycles. The molecule has 0 spiro atoms. The Hall–Kier alpha value is -0.0400. The van der Waals surface area contributed by atoms with E-state index in [1.54, 1.807) is 0 Å². The number of aliphatic hydroxyl groups is 1. The van der Waals surface area contributed by atoms with Crippen LogP contribution in [0.15, 0.2) is 0 Å². The van der Waals surface area contributed by atoms with Crippen LogP contribution in [0.5, 0.6) is 0 Å². The Morgan fingerprint density at radius 3 is 1.20 bits per heavy atom. The van der Waals surface area contributed by atoms with Crippen molar-refractivity contribution in [2.45, 2.75) is 80.6 Å². The zero-order valence-electron chi connectivity index (χ0n) is 12.6. The average molecular weight is 220 g/mol. The highest BCUT2D eigenvalue weighted by molar-refractivity contribution is 4.42. The lowest BCUT2D eigenvalue weighted by molar-refractivity contribution is 0.399. The van der Waals surface area contributed by atoms with Gasteiger partial charge in [0.05, 0.1) is 0 Å². The summed E-state index contributed by atoms with van der Waals surface area (Å²) in [6.45, 7) is 15.1. The van der Waals surface area contributed by atoms with E-state index in [1.807, 2.05) is 13.8 Å². The fourth-order valence-electron chi connectivity index (χ4n) is 0.612. The fraction of sp³-hybridized carbons (Fsp3) is 1.00. The SMILES string of the molecule is CC.CCCC.CCCCC(C)C.CO. The smallest absolute Gasteiger partial charge is 0.0319 e. The number of rotatable bonds is 4. The third-order valence-corrected chi connectivity index (χ3v) is 1.64. The third kappa shape index (κ3) is 81.2. The predicted molar refractivity (Wildman–Crippen MR) is 74.4 cm³/mol. The van der Waals surface area contributed by atoms with E-state index in [4.69, 9.17) is 5.11 Å². The van der Waals surface area contributed by atoms with Gasteiger partial charge in [0, 0.05) is 7.11 Å². The molecule has 0 aromatic rings. The quantitative estimate of drug-likeness (QED) is 0.684. The van der Waals surface area contributed by atoms with Crippen molar-refractivity contribution in [2.24, 2.45) is 5.92 Å². The molecule has 1 N–H and O–H groups in total. The van der Waals surface area contributed by atoms with Crippen LogP contribution in [0, 0.1) is 5.92 Å². The summed E-state index contributed by atoms with van der Waals surface area (Å²) in [4.78, 5) is 0. The molecule has 0 radical (unpaired) electrons. The Morgan fingerprint density at radius 2 is 1.13 bits per heavy atom. The first-order valence-electron chi connectivity index (χ1n) is 6.63. The zero-order chi connectivity index (χ0) is 13.1. The molecule has 0 saturated carbocycles. The number of hydrogen-bond donors (Lipinski definition) is 1. The molecule has 0 aliphatic rings. The molecule has 15 heavy (non-hydrogen) atoms. The van der Waals surface area contributed by atoms with Crippen molar-refractivity contribution in [1.82, 2.24) is 0 Å². The Bertz CT molecular complexity index is 49.3. The Labute approximate surface area is 99.3 Å². The molecule has 0 aromatic carbocycles. The number of hydrogen-bond acceptors (Lipinski definition) is 1. The highest BCUT2D eigenvalue weighted by Crippen LogP contribution is 2.04. The van der Waals surface area contributed by atoms with Crippen molar-refractivity contribution < 1.29 is 5.11 Å². The van der Waals surface area contributed by atoms with Crippen molar-refractivity contribution in [1.29, 1.82) is 0 Å². The van der Waals surface area contributed by atoms with E-state index in [9.17, 15) is 0 Å². The topological polar surface area (TPSA) is 20.2 Å². The second-order valence-electron chi connectivity index (χ2n) is 3.54. The molecule has 1 nitrogen and oxygen atoms in total. The Kier molecular flexibility index (Phi) is 59.9. The molecule has 0 rings (SSSR count). The van der Waals surface area contributed by atoms with E-state index < -0.39 is 0 Å². The lowest BCUT2D eigenvalue weighted by atomic mass is 10.1. The molecule has 98 valence electrons. The number of aliphatic hydroxyl groups excluding tert-OH is 1. The van der Waals surface area contributed by atoms with E-state index in [2.05, 4.69) is 34.6 Å². The molecule has 0 atom stereocenters. The lowest BCUT2D eigenvalue weighted by Crippen LogP contribution is -1.83. The van der Waals surface area contributed by atoms with E-state index in [1.165, 1.54) is 32.1 Å². The summed E-state index contributed by atoms with van der Waals surface area (Å²) in [7, 11) is 1.00. The highest BCUT2D eigenvalue weighted by atomic mass is 16.2. The number of unbranched alkanes of at least 4 members (excludes halogenated alkanes) is 2. The van der Waals surface area contributed by atoms with Gasteiger partial charge in [-0.25, -0.2) is 0 Å². The van der Waals surface area contributed by atoms with Gasteiger partial charge in [-0.2, -0.15) is 0 Å². The van der Waals surface area contributed by atoms with Gasteiger partial charge in [0.2, 0.25) is 0 Å². The van der Waals surface area contributed by atoms with Crippen LogP contribution < -0.4 is 0 Å². The minimum Gasteiger partial charge on any atom is -0.400 e. The van der Waals surface area contributed by atoms with Gasteiger partial charge in [0.1, 0.15) is 0 Å². The van der Waals surface area contributed by atoms with Crippen molar-refractivity contribution in [3.05, 3.63) is 0 Å². The molecule has 0 amide bonds. The van der Waals surface area contributed by atoms with E-state index in [-0.39, 0.29) is 0 Å². The first kappa shape index (κ1) is 24.3. The van der Waals surface area contributed by atoms with Crippen LogP contribution in [0.1, 0.15) is 80.6 Å². The van der Waals surface area contributed by atoms with Crippen molar-refractivity contribution in [3.8, 4) is 0 Å². The van der Waals surface area contributed by atoms with Crippen LogP contribution in [-0.4, -0.2) is 12.2 Å². The van der Waals surface area contributed by atoms with Crippen LogP contribution in [0.2, 0.25) is 0 Å². The molecule has 0 fully saturated rings. The maximum atomic E-state index is 7.00. The molecule has 0 unspecified atom stereocenters. The average Bonchev–Trinajstić information content (AvgIpc) is 2.32. The summed E-state index contributed by atoms with van der Waals surface area (Å²) in [6, 6.07) is 0. The van der Waals surface area contributed by atoms with Gasteiger partial charge in [-0.15, -0.1) is 0 Å². The summed E-state index contributed by atoms with van der Waals surface area (Å²) in [5.74, 6) is 0.903. The Balaban J connectivity index is -0.0000000647. The minimum atomic E-state index is 0.903. The Morgan fingerprint density at radius 1 is 0.800 bits per heavy atom. The molecular weight excluding hydrogens is 184 g/mol. The fourth-order valence-corrected chi connectivity index (χ4v) is 0.612. The zero-order valence-corrected chi connectivity index (χ0v) is 12.6.